The fourth-order valence-electron chi connectivity index (χ4n) is 3.58. The molecule has 26 heavy (non-hydrogen) atoms. The third-order valence-corrected chi connectivity index (χ3v) is 4.99. The van der Waals surface area contributed by atoms with Gasteiger partial charge in [0.05, 0.1) is 0 Å². The largest absolute Gasteiger partial charge is 0.329 e. The highest BCUT2D eigenvalue weighted by Crippen LogP contribution is 2.19. The van der Waals surface area contributed by atoms with E-state index in [4.69, 9.17) is 11.7 Å². The van der Waals surface area contributed by atoms with E-state index in [9.17, 15) is 4.79 Å². The molecule has 2 aliphatic rings. The number of nitrogens with two attached hydrogens (primary N) is 2. The zero-order valence-electron chi connectivity index (χ0n) is 15.4. The molecule has 1 aromatic rings. The molecule has 1 amide bonds. The number of piperidine rings is 1. The molecule has 3 rings (SSSR count). The lowest BCUT2D eigenvalue weighted by atomic mass is 10.0. The second-order valence-electron chi connectivity index (χ2n) is 6.66. The van der Waals surface area contributed by atoms with Gasteiger partial charge in [-0.2, -0.15) is 5.10 Å². The highest BCUT2D eigenvalue weighted by atomic mass is 16.1. The van der Waals surface area contributed by atoms with Crippen molar-refractivity contribution in [2.75, 3.05) is 25.0 Å². The molecule has 2 aliphatic heterocycles. The number of hydrogen-bond acceptors (Lipinski definition) is 6. The zero-order valence-corrected chi connectivity index (χ0v) is 15.4. The number of nitrogens with zero attached hydrogens (tertiary/aromatic N) is 2. The summed E-state index contributed by atoms with van der Waals surface area (Å²) in [4.78, 5) is 12.8. The van der Waals surface area contributed by atoms with E-state index < -0.39 is 0 Å². The molecule has 8 heteroatoms. The molecule has 0 radical (unpaired) electrons. The van der Waals surface area contributed by atoms with E-state index in [2.05, 4.69) is 33.0 Å². The van der Waals surface area contributed by atoms with Crippen LogP contribution < -0.4 is 27.7 Å². The Labute approximate surface area is 155 Å². The molecule has 1 aromatic carbocycles. The molecule has 0 spiro atoms. The van der Waals surface area contributed by atoms with Gasteiger partial charge in [-0.3, -0.25) is 9.69 Å². The predicted octanol–water partition coefficient (Wildman–Crippen LogP) is 0.561. The van der Waals surface area contributed by atoms with Crippen LogP contribution in [-0.2, 0) is 4.79 Å². The predicted molar refractivity (Wildman–Crippen MR) is 105 cm³/mol. The molecule has 8 nitrogen and oxygen atoms in total. The number of hydrazine groups is 1. The third kappa shape index (κ3) is 5.69. The van der Waals surface area contributed by atoms with Crippen LogP contribution in [0.15, 0.2) is 29.4 Å². The van der Waals surface area contributed by atoms with Gasteiger partial charge < -0.3 is 21.9 Å². The second kappa shape index (κ2) is 10.7. The van der Waals surface area contributed by atoms with Crippen LogP contribution in [0.3, 0.4) is 0 Å². The van der Waals surface area contributed by atoms with Crippen LogP contribution in [0.4, 0.5) is 5.69 Å². The Hall–Kier alpha value is -2.16. The van der Waals surface area contributed by atoms with Gasteiger partial charge in [-0.1, -0.05) is 6.42 Å². The van der Waals surface area contributed by atoms with E-state index in [0.29, 0.717) is 17.9 Å². The Morgan fingerprint density at radius 3 is 2.46 bits per heavy atom. The Bertz CT molecular complexity index is 569. The molecule has 2 atom stereocenters. The summed E-state index contributed by atoms with van der Waals surface area (Å²) < 4.78 is 0. The standard InChI is InChI=1S/C10H20N2.C8H11N5O/c1-9-10(5-6-11-9)12-7-3-2-4-8-12;9-12-8(13-10)6-1-3-7(4-2-6)11-5-14/h9-11H,2-8H2,1H3;1-5H,9-10H2,(H,11,14)(H,12,13). The number of amides is 1. The minimum absolute atomic E-state index is 0.377. The highest BCUT2D eigenvalue weighted by molar-refractivity contribution is 5.98. The van der Waals surface area contributed by atoms with Gasteiger partial charge in [0, 0.05) is 23.3 Å². The lowest BCUT2D eigenvalue weighted by Gasteiger charge is -2.34. The van der Waals surface area contributed by atoms with Crippen molar-refractivity contribution in [3.63, 3.8) is 0 Å². The lowest BCUT2D eigenvalue weighted by Crippen LogP contribution is -2.44. The quantitative estimate of drug-likeness (QED) is 0.176. The number of benzene rings is 1. The molecule has 2 unspecified atom stereocenters. The van der Waals surface area contributed by atoms with Gasteiger partial charge in [-0.15, -0.1) is 0 Å². The SMILES string of the molecule is CC1NCCC1N1CCCCC1.N/N=C(\NN)c1ccc(NC=O)cc1. The van der Waals surface area contributed by atoms with Crippen molar-refractivity contribution in [1.82, 2.24) is 15.6 Å². The number of likely N-dealkylation sites (tertiary alicyclic amines) is 1. The van der Waals surface area contributed by atoms with Gasteiger partial charge in [-0.05, 0) is 70.1 Å². The first-order chi connectivity index (χ1) is 12.7. The maximum Gasteiger partial charge on any atom is 0.211 e. The molecule has 0 aromatic heterocycles. The van der Waals surface area contributed by atoms with E-state index in [1.165, 1.54) is 45.3 Å². The summed E-state index contributed by atoms with van der Waals surface area (Å²) in [7, 11) is 0. The van der Waals surface area contributed by atoms with Crippen LogP contribution in [0.1, 0.15) is 38.2 Å². The minimum Gasteiger partial charge on any atom is -0.329 e. The van der Waals surface area contributed by atoms with E-state index in [0.717, 1.165) is 17.6 Å². The Balaban J connectivity index is 0.000000189. The third-order valence-electron chi connectivity index (χ3n) is 4.99. The highest BCUT2D eigenvalue weighted by Gasteiger charge is 2.28. The molecule has 0 saturated carbocycles. The van der Waals surface area contributed by atoms with Gasteiger partial charge in [0.1, 0.15) is 0 Å². The number of carbonyl (C=O) groups excluding carboxylic acids is 1. The summed E-state index contributed by atoms with van der Waals surface area (Å²) in [5.41, 5.74) is 3.79. The number of hydrogen-bond donors (Lipinski definition) is 5. The monoisotopic (exact) mass is 361 g/mol. The van der Waals surface area contributed by atoms with Crippen molar-refractivity contribution >= 4 is 17.9 Å². The van der Waals surface area contributed by atoms with Gasteiger partial charge in [0.2, 0.25) is 6.41 Å². The molecule has 7 N–H and O–H groups in total. The van der Waals surface area contributed by atoms with Gasteiger partial charge in [0.25, 0.3) is 0 Å². The number of carbonyl (C=O) groups is 1. The number of anilines is 1. The summed E-state index contributed by atoms with van der Waals surface area (Å²) in [6.45, 7) is 6.24. The van der Waals surface area contributed by atoms with Crippen molar-refractivity contribution in [3.05, 3.63) is 29.8 Å². The van der Waals surface area contributed by atoms with Crippen molar-refractivity contribution < 1.29 is 4.79 Å². The van der Waals surface area contributed by atoms with E-state index in [-0.39, 0.29) is 0 Å². The van der Waals surface area contributed by atoms with E-state index >= 15 is 0 Å². The van der Waals surface area contributed by atoms with Crippen LogP contribution in [0.2, 0.25) is 0 Å². The summed E-state index contributed by atoms with van der Waals surface area (Å²) in [5.74, 6) is 10.6. The fourth-order valence-corrected chi connectivity index (χ4v) is 3.58. The maximum absolute atomic E-state index is 10.1. The smallest absolute Gasteiger partial charge is 0.211 e. The van der Waals surface area contributed by atoms with Crippen LogP contribution in [0.25, 0.3) is 0 Å². The molecule has 2 heterocycles. The topological polar surface area (TPSA) is 121 Å². The average molecular weight is 361 g/mol. The zero-order chi connectivity index (χ0) is 18.8. The molecular weight excluding hydrogens is 330 g/mol. The summed E-state index contributed by atoms with van der Waals surface area (Å²) >= 11 is 0. The van der Waals surface area contributed by atoms with Gasteiger partial charge >= 0.3 is 0 Å². The molecule has 2 saturated heterocycles. The number of nitrogens with one attached hydrogen (secondary N) is 3. The first kappa shape index (κ1) is 20.2. The Kier molecular flexibility index (Phi) is 8.33. The maximum atomic E-state index is 10.1. The second-order valence-corrected chi connectivity index (χ2v) is 6.66. The fraction of sp³-hybridized carbons (Fsp3) is 0.556. The number of amidine groups is 1. The minimum atomic E-state index is 0.377. The van der Waals surface area contributed by atoms with E-state index in [1.54, 1.807) is 24.3 Å². The van der Waals surface area contributed by atoms with Crippen molar-refractivity contribution in [2.45, 2.75) is 44.7 Å². The number of hydrazone groups is 1. The first-order valence-electron chi connectivity index (χ1n) is 9.22. The average Bonchev–Trinajstić information content (AvgIpc) is 3.11. The molecular formula is C18H31N7O. The first-order valence-corrected chi connectivity index (χ1v) is 9.22. The Morgan fingerprint density at radius 2 is 1.96 bits per heavy atom. The normalized spacial score (nSPS) is 23.7. The van der Waals surface area contributed by atoms with Crippen LogP contribution >= 0.6 is 0 Å². The molecule has 0 aliphatic carbocycles. The van der Waals surface area contributed by atoms with Crippen LogP contribution in [0, 0.1) is 0 Å². The van der Waals surface area contributed by atoms with Crippen LogP contribution in [0.5, 0.6) is 0 Å². The summed E-state index contributed by atoms with van der Waals surface area (Å²) in [5, 5.41) is 9.47. The van der Waals surface area contributed by atoms with E-state index in [1.807, 2.05) is 0 Å². The molecule has 2 fully saturated rings. The number of rotatable bonds is 4. The van der Waals surface area contributed by atoms with Crippen LogP contribution in [-0.4, -0.2) is 48.9 Å². The van der Waals surface area contributed by atoms with Crippen molar-refractivity contribution in [3.8, 4) is 0 Å². The molecule has 144 valence electrons. The van der Waals surface area contributed by atoms with Crippen molar-refractivity contribution in [1.29, 1.82) is 0 Å². The summed E-state index contributed by atoms with van der Waals surface area (Å²) in [6.07, 6.45) is 6.26. The van der Waals surface area contributed by atoms with Crippen molar-refractivity contribution in [2.24, 2.45) is 16.8 Å². The summed E-state index contributed by atoms with van der Waals surface area (Å²) in [6, 6.07) is 8.46. The molecule has 0 bridgehead atoms. The Morgan fingerprint density at radius 1 is 1.27 bits per heavy atom. The van der Waals surface area contributed by atoms with Gasteiger partial charge in [-0.25, -0.2) is 5.84 Å². The van der Waals surface area contributed by atoms with Gasteiger partial charge in [0.15, 0.2) is 5.84 Å². The lowest BCUT2D eigenvalue weighted by molar-refractivity contribution is -0.105.